The summed E-state index contributed by atoms with van der Waals surface area (Å²) < 4.78 is 31.9. The number of hydrogen-bond acceptors (Lipinski definition) is 16. The lowest BCUT2D eigenvalue weighted by Crippen LogP contribution is -2.55. The summed E-state index contributed by atoms with van der Waals surface area (Å²) in [5.74, 6) is -2.30. The molecule has 2 aliphatic heterocycles. The standard InChI is InChI=1S/C16H13N3O3S3.C6H9N5O8P2S/c1-18-4-2-9(3-5-18)10-7-24-16(17-10)25-11-8-23-13-6-12(20)19(13)14(11)15(21)22;1-2-18-9-3(4(7)12)5-8-6(22-11-5)10-20(13,14)19-21(15,16)17/h2-5,7,13H,6,8H2,1H3;2H,1H2,(H2,7,12)(H2,15,16,17)(H2,8,10,11,13,14)/b;9-3+/t13-;/m1./s1. The number of nitrogens with zero attached hydrogens (tertiary/aromatic N) is 6. The number of nitrogens with one attached hydrogen (secondary N) is 1. The Bertz CT molecular complexity index is 1860. The third-order valence-corrected chi connectivity index (χ3v) is 12.0. The molecule has 2 amide bonds. The number of phosphoric acid groups is 1. The average molecular weight is 765 g/mol. The summed E-state index contributed by atoms with van der Waals surface area (Å²) in [6.45, 7) is 3.18. The van der Waals surface area contributed by atoms with E-state index in [2.05, 4.69) is 35.2 Å². The first kappa shape index (κ1) is 36.3. The highest BCUT2D eigenvalue weighted by molar-refractivity contribution is 8.07. The molecule has 0 saturated carbocycles. The predicted molar refractivity (Wildman–Crippen MR) is 168 cm³/mol. The molecule has 3 aromatic rings. The van der Waals surface area contributed by atoms with Crippen molar-refractivity contribution in [1.82, 2.24) is 19.2 Å². The van der Waals surface area contributed by atoms with E-state index in [4.69, 9.17) is 15.5 Å². The first-order chi connectivity index (χ1) is 22.1. The number of nitrogens with two attached hydrogens (primary N) is 1. The van der Waals surface area contributed by atoms with E-state index in [1.807, 2.05) is 41.5 Å². The number of aryl methyl sites for hydroxylation is 1. The van der Waals surface area contributed by atoms with Crippen LogP contribution in [0, 0.1) is 0 Å². The fraction of sp³-hybridized carbons (Fsp3) is 0.182. The maximum absolute atomic E-state index is 11.8. The number of anilines is 1. The van der Waals surface area contributed by atoms with E-state index >= 15 is 0 Å². The Balaban J connectivity index is 0.000000215. The lowest BCUT2D eigenvalue weighted by atomic mass is 10.1. The number of aromatic nitrogens is 4. The maximum Gasteiger partial charge on any atom is 0.478 e. The molecule has 1 unspecified atom stereocenters. The summed E-state index contributed by atoms with van der Waals surface area (Å²) in [6, 6.07) is 3.96. The number of pyridine rings is 1. The van der Waals surface area contributed by atoms with Crippen molar-refractivity contribution in [2.24, 2.45) is 17.9 Å². The highest BCUT2D eigenvalue weighted by atomic mass is 32.2. The number of carbonyl (C=O) groups excluding carboxylic acids is 3. The van der Waals surface area contributed by atoms with Crippen molar-refractivity contribution >= 4 is 90.6 Å². The second-order valence-electron chi connectivity index (χ2n) is 8.85. The van der Waals surface area contributed by atoms with Crippen LogP contribution in [-0.4, -0.2) is 68.5 Å². The second kappa shape index (κ2) is 15.2. The van der Waals surface area contributed by atoms with Crippen LogP contribution < -0.4 is 20.5 Å². The SMILES string of the molecule is C=CO/N=C(\C(N)=O)c1nsc(NP(=O)(O)OP(=O)(O)O)n1.C[n+]1ccc(-c2csc(SC3=C(C(=O)[O-])N4C(=O)C[C@H]4SC3)n2)cc1. The maximum atomic E-state index is 11.8. The molecule has 0 aromatic carbocycles. The van der Waals surface area contributed by atoms with Crippen LogP contribution in [0.2, 0.25) is 0 Å². The fourth-order valence-corrected chi connectivity index (χ4v) is 9.53. The van der Waals surface area contributed by atoms with Crippen LogP contribution in [0.3, 0.4) is 0 Å². The smallest absolute Gasteiger partial charge is 0.478 e. The molecule has 6 N–H and O–H groups in total. The van der Waals surface area contributed by atoms with Crippen molar-refractivity contribution in [1.29, 1.82) is 0 Å². The zero-order valence-electron chi connectivity index (χ0n) is 23.6. The summed E-state index contributed by atoms with van der Waals surface area (Å²) in [5.41, 5.74) is 6.38. The zero-order chi connectivity index (χ0) is 34.5. The van der Waals surface area contributed by atoms with Crippen molar-refractivity contribution in [3.8, 4) is 11.3 Å². The third-order valence-electron chi connectivity index (χ3n) is 5.52. The molecule has 0 aliphatic carbocycles. The number of carbonyl (C=O) groups is 3. The van der Waals surface area contributed by atoms with Crippen molar-refractivity contribution in [3.05, 3.63) is 59.2 Å². The van der Waals surface area contributed by atoms with Gasteiger partial charge in [0, 0.05) is 45.3 Å². The molecule has 1 saturated heterocycles. The molecule has 2 atom stereocenters. The van der Waals surface area contributed by atoms with E-state index < -0.39 is 33.2 Å². The summed E-state index contributed by atoms with van der Waals surface area (Å²) in [6.07, 6.45) is 5.19. The quantitative estimate of drug-likeness (QED) is 0.0419. The molecular formula is C22H22N8O11P2S4. The molecule has 3 aromatic heterocycles. The number of thioether (sulfide) groups is 2. The van der Waals surface area contributed by atoms with Gasteiger partial charge in [-0.15, -0.1) is 23.1 Å². The number of amides is 2. The van der Waals surface area contributed by atoms with Gasteiger partial charge in [-0.05, 0) is 0 Å². The van der Waals surface area contributed by atoms with Gasteiger partial charge in [0.05, 0.1) is 29.2 Å². The van der Waals surface area contributed by atoms with Gasteiger partial charge in [0.1, 0.15) is 13.3 Å². The van der Waals surface area contributed by atoms with Gasteiger partial charge in [0.2, 0.25) is 22.6 Å². The number of β-lactam (4-membered cyclic amide) rings is 1. The predicted octanol–water partition coefficient (Wildman–Crippen LogP) is 0.503. The second-order valence-corrected chi connectivity index (χ2v) is 15.9. The number of rotatable bonds is 12. The summed E-state index contributed by atoms with van der Waals surface area (Å²) in [4.78, 5) is 75.1. The Morgan fingerprint density at radius 2 is 2.00 bits per heavy atom. The zero-order valence-corrected chi connectivity index (χ0v) is 28.6. The van der Waals surface area contributed by atoms with Gasteiger partial charge in [-0.3, -0.25) is 19.6 Å². The molecule has 19 nitrogen and oxygen atoms in total. The van der Waals surface area contributed by atoms with E-state index in [1.165, 1.54) is 28.0 Å². The van der Waals surface area contributed by atoms with Gasteiger partial charge in [-0.1, -0.05) is 23.5 Å². The highest BCUT2D eigenvalue weighted by Gasteiger charge is 2.43. The lowest BCUT2D eigenvalue weighted by Gasteiger charge is -2.45. The van der Waals surface area contributed by atoms with E-state index in [-0.39, 0.29) is 27.9 Å². The van der Waals surface area contributed by atoms with E-state index in [0.29, 0.717) is 28.6 Å². The van der Waals surface area contributed by atoms with Crippen LogP contribution in [0.5, 0.6) is 0 Å². The normalized spacial score (nSPS) is 17.4. The minimum absolute atomic E-state index is 0.00786. The molecule has 2 aliphatic rings. The van der Waals surface area contributed by atoms with Crippen molar-refractivity contribution in [2.75, 3.05) is 10.8 Å². The van der Waals surface area contributed by atoms with E-state index in [1.54, 1.807) is 16.8 Å². The molecule has 1 fully saturated rings. The van der Waals surface area contributed by atoms with Crippen LogP contribution in [0.25, 0.3) is 11.3 Å². The number of carboxylic acids is 1. The van der Waals surface area contributed by atoms with Gasteiger partial charge in [-0.25, -0.2) is 18.7 Å². The van der Waals surface area contributed by atoms with Crippen LogP contribution in [0.4, 0.5) is 5.13 Å². The molecule has 0 radical (unpaired) electrons. The number of fused-ring (bicyclic) bond motifs is 1. The number of oxime groups is 1. The van der Waals surface area contributed by atoms with Crippen LogP contribution in [-0.2, 0) is 39.7 Å². The van der Waals surface area contributed by atoms with Gasteiger partial charge in [0.25, 0.3) is 5.91 Å². The van der Waals surface area contributed by atoms with Gasteiger partial charge in [0.15, 0.2) is 16.7 Å². The Kier molecular flexibility index (Phi) is 11.7. The van der Waals surface area contributed by atoms with Crippen LogP contribution >= 0.6 is 62.0 Å². The van der Waals surface area contributed by atoms with Gasteiger partial charge >= 0.3 is 15.6 Å². The fourth-order valence-electron chi connectivity index (χ4n) is 3.60. The van der Waals surface area contributed by atoms with Crippen molar-refractivity contribution < 1.29 is 57.0 Å². The number of primary amides is 1. The molecular weight excluding hydrogens is 743 g/mol. The third kappa shape index (κ3) is 9.76. The molecule has 250 valence electrons. The minimum atomic E-state index is -5.22. The number of hydrogen-bond donors (Lipinski definition) is 5. The average Bonchev–Trinajstić information content (AvgIpc) is 3.62. The highest BCUT2D eigenvalue weighted by Crippen LogP contribution is 2.56. The minimum Gasteiger partial charge on any atom is -0.543 e. The molecule has 5 heterocycles. The summed E-state index contributed by atoms with van der Waals surface area (Å²) >= 11 is 4.82. The van der Waals surface area contributed by atoms with E-state index in [0.717, 1.165) is 21.9 Å². The van der Waals surface area contributed by atoms with E-state index in [9.17, 15) is 33.5 Å². The van der Waals surface area contributed by atoms with Crippen LogP contribution in [0.1, 0.15) is 12.2 Å². The topological polar surface area (TPSA) is 284 Å². The number of carboxylic acid groups (broad SMARTS) is 1. The largest absolute Gasteiger partial charge is 0.543 e. The number of aliphatic carboxylic acids is 1. The van der Waals surface area contributed by atoms with Crippen molar-refractivity contribution in [2.45, 2.75) is 16.1 Å². The Morgan fingerprint density at radius 1 is 1.30 bits per heavy atom. The molecule has 25 heteroatoms. The molecule has 47 heavy (non-hydrogen) atoms. The Hall–Kier alpha value is -3.50. The Morgan fingerprint density at radius 3 is 2.60 bits per heavy atom. The summed E-state index contributed by atoms with van der Waals surface area (Å²) in [5, 5.41) is 18.0. The lowest BCUT2D eigenvalue weighted by molar-refractivity contribution is -0.671. The molecule has 5 rings (SSSR count). The monoisotopic (exact) mass is 764 g/mol. The first-order valence-corrected chi connectivity index (χ1v) is 19.0. The van der Waals surface area contributed by atoms with Crippen molar-refractivity contribution in [3.63, 3.8) is 0 Å². The van der Waals surface area contributed by atoms with Crippen LogP contribution in [0.15, 0.2) is 62.8 Å². The van der Waals surface area contributed by atoms with Gasteiger partial charge < -0.3 is 35.2 Å². The molecule has 0 bridgehead atoms. The number of thiazole rings is 1. The summed E-state index contributed by atoms with van der Waals surface area (Å²) in [7, 11) is -8.17. The molecule has 0 spiro atoms. The van der Waals surface area contributed by atoms with Gasteiger partial charge in [-0.2, -0.15) is 13.7 Å². The Labute approximate surface area is 281 Å². The first-order valence-electron chi connectivity index (χ1n) is 12.4.